The minimum Gasteiger partial charge on any atom is -0.392 e. The van der Waals surface area contributed by atoms with Crippen molar-refractivity contribution in [2.24, 2.45) is 5.92 Å². The predicted octanol–water partition coefficient (Wildman–Crippen LogP) is 7.55. The van der Waals surface area contributed by atoms with Crippen LogP contribution in [0.25, 0.3) is 0 Å². The van der Waals surface area contributed by atoms with Crippen LogP contribution in [0.3, 0.4) is 0 Å². The summed E-state index contributed by atoms with van der Waals surface area (Å²) in [5.74, 6) is -3.00. The Balaban J connectivity index is 1.61. The number of para-hydroxylation sites is 1. The minimum absolute atomic E-state index is 0.123. The molecule has 2 atom stereocenters. The predicted molar refractivity (Wildman–Crippen MR) is 171 cm³/mol. The highest BCUT2D eigenvalue weighted by molar-refractivity contribution is 6.09. The number of benzene rings is 4. The molecule has 10 heteroatoms. The van der Waals surface area contributed by atoms with Gasteiger partial charge in [0.05, 0.1) is 35.3 Å². The van der Waals surface area contributed by atoms with Crippen molar-refractivity contribution in [1.82, 2.24) is 0 Å². The number of nitrogens with zero attached hydrogens (tertiary/aromatic N) is 1. The van der Waals surface area contributed by atoms with Gasteiger partial charge >= 0.3 is 6.18 Å². The highest BCUT2D eigenvalue weighted by atomic mass is 19.4. The lowest BCUT2D eigenvalue weighted by atomic mass is 9.80. The van der Waals surface area contributed by atoms with Crippen LogP contribution < -0.4 is 10.2 Å². The van der Waals surface area contributed by atoms with Crippen molar-refractivity contribution in [2.45, 2.75) is 64.5 Å². The molecule has 0 fully saturated rings. The second kappa shape index (κ2) is 13.3. The fraction of sp³-hybridized carbons (Fsp3) is 0.297. The minimum atomic E-state index is -4.76. The fourth-order valence-electron chi connectivity index (χ4n) is 6.10. The monoisotopic (exact) mass is 648 g/mol. The molecule has 0 radical (unpaired) electrons. The lowest BCUT2D eigenvalue weighted by molar-refractivity contribution is -0.138. The number of carbonyl (C=O) groups excluding carboxylic acids is 2. The van der Waals surface area contributed by atoms with E-state index >= 15 is 4.39 Å². The van der Waals surface area contributed by atoms with Gasteiger partial charge in [-0.2, -0.15) is 13.2 Å². The number of hydrogen-bond acceptors (Lipinski definition) is 4. The molecular weight excluding hydrogens is 612 g/mol. The molecule has 2 amide bonds. The van der Waals surface area contributed by atoms with Gasteiger partial charge in [0.25, 0.3) is 5.91 Å². The lowest BCUT2D eigenvalue weighted by Gasteiger charge is -2.42. The van der Waals surface area contributed by atoms with Gasteiger partial charge in [-0.15, -0.1) is 0 Å². The van der Waals surface area contributed by atoms with E-state index in [0.29, 0.717) is 35.2 Å². The molecule has 246 valence electrons. The Kier molecular flexibility index (Phi) is 9.56. The Hall–Kier alpha value is -4.54. The van der Waals surface area contributed by atoms with Crippen LogP contribution in [-0.4, -0.2) is 27.6 Å². The number of anilines is 2. The Bertz CT molecular complexity index is 1760. The molecule has 4 aromatic rings. The average Bonchev–Trinajstić information content (AvgIpc) is 3.02. The quantitative estimate of drug-likeness (QED) is 0.172. The molecule has 1 aliphatic heterocycles. The molecule has 0 aliphatic carbocycles. The Morgan fingerprint density at radius 2 is 1.66 bits per heavy atom. The van der Waals surface area contributed by atoms with Crippen LogP contribution in [0, 0.1) is 18.7 Å². The molecule has 0 aromatic heterocycles. The summed E-state index contributed by atoms with van der Waals surface area (Å²) in [4.78, 5) is 29.9. The summed E-state index contributed by atoms with van der Waals surface area (Å²) in [5, 5.41) is 22.3. The molecule has 3 N–H and O–H groups in total. The zero-order valence-electron chi connectivity index (χ0n) is 26.2. The first-order valence-corrected chi connectivity index (χ1v) is 15.3. The average molecular weight is 649 g/mol. The Labute approximate surface area is 270 Å². The molecule has 4 aromatic carbocycles. The lowest BCUT2D eigenvalue weighted by Crippen LogP contribution is -2.47. The second-order valence-corrected chi connectivity index (χ2v) is 12.6. The summed E-state index contributed by atoms with van der Waals surface area (Å²) >= 11 is 0. The zero-order chi connectivity index (χ0) is 34.1. The number of aryl methyl sites for hydroxylation is 2. The third kappa shape index (κ3) is 7.39. The fourth-order valence-corrected chi connectivity index (χ4v) is 6.10. The third-order valence-corrected chi connectivity index (χ3v) is 8.54. The number of aliphatic hydroxyl groups is 2. The normalized spacial score (nSPS) is 16.5. The molecule has 0 saturated heterocycles. The summed E-state index contributed by atoms with van der Waals surface area (Å²) in [5.41, 5.74) is 0.470. The number of alkyl halides is 3. The molecule has 0 spiro atoms. The summed E-state index contributed by atoms with van der Waals surface area (Å²) in [6, 6.07) is 20.8. The van der Waals surface area contributed by atoms with Crippen molar-refractivity contribution >= 4 is 23.2 Å². The van der Waals surface area contributed by atoms with Gasteiger partial charge in [-0.3, -0.25) is 14.5 Å². The third-order valence-electron chi connectivity index (χ3n) is 8.54. The maximum absolute atomic E-state index is 15.3. The first-order chi connectivity index (χ1) is 22.2. The smallest absolute Gasteiger partial charge is 0.392 e. The molecule has 6 nitrogen and oxygen atoms in total. The zero-order valence-corrected chi connectivity index (χ0v) is 26.2. The second-order valence-electron chi connectivity index (χ2n) is 12.6. The van der Waals surface area contributed by atoms with Crippen molar-refractivity contribution in [3.63, 3.8) is 0 Å². The van der Waals surface area contributed by atoms with E-state index in [-0.39, 0.29) is 23.2 Å². The maximum atomic E-state index is 15.3. The van der Waals surface area contributed by atoms with Gasteiger partial charge in [-0.25, -0.2) is 4.39 Å². The van der Waals surface area contributed by atoms with Crippen LogP contribution in [0.5, 0.6) is 0 Å². The first-order valence-electron chi connectivity index (χ1n) is 15.3. The van der Waals surface area contributed by atoms with Gasteiger partial charge in [0, 0.05) is 11.4 Å². The van der Waals surface area contributed by atoms with Gasteiger partial charge in [-0.05, 0) is 92.1 Å². The van der Waals surface area contributed by atoms with E-state index in [4.69, 9.17) is 0 Å². The molecule has 0 saturated carbocycles. The van der Waals surface area contributed by atoms with Crippen molar-refractivity contribution in [2.75, 3.05) is 10.2 Å². The number of amides is 2. The van der Waals surface area contributed by atoms with Gasteiger partial charge in [0.1, 0.15) is 5.82 Å². The van der Waals surface area contributed by atoms with Crippen LogP contribution in [0.4, 0.5) is 28.9 Å². The van der Waals surface area contributed by atoms with Crippen molar-refractivity contribution in [3.8, 4) is 0 Å². The van der Waals surface area contributed by atoms with Crippen LogP contribution >= 0.6 is 0 Å². The van der Waals surface area contributed by atoms with Gasteiger partial charge in [-0.1, -0.05) is 60.7 Å². The van der Waals surface area contributed by atoms with Crippen LogP contribution in [0.15, 0.2) is 84.9 Å². The van der Waals surface area contributed by atoms with Crippen LogP contribution in [-0.2, 0) is 30.4 Å². The highest BCUT2D eigenvalue weighted by Gasteiger charge is 2.43. The SMILES string of the molecule is Cc1cccc(F)c1C(=O)N1c2ccccc2C[C@H](C(=O)Nc2ccc(CO)c(C(F)(F)F)c2)C1c1ccc(CCC(C)(C)O)cc1. The molecule has 47 heavy (non-hydrogen) atoms. The number of nitrogens with one attached hydrogen (secondary N) is 1. The highest BCUT2D eigenvalue weighted by Crippen LogP contribution is 2.44. The Morgan fingerprint density at radius 3 is 2.30 bits per heavy atom. The molecule has 1 heterocycles. The van der Waals surface area contributed by atoms with E-state index in [1.54, 1.807) is 63.2 Å². The summed E-state index contributed by atoms with van der Waals surface area (Å²) < 4.78 is 56.6. The summed E-state index contributed by atoms with van der Waals surface area (Å²) in [6.07, 6.45) is -3.54. The number of rotatable bonds is 8. The van der Waals surface area contributed by atoms with Gasteiger partial charge in [0.2, 0.25) is 5.91 Å². The van der Waals surface area contributed by atoms with Crippen molar-refractivity contribution < 1.29 is 37.4 Å². The van der Waals surface area contributed by atoms with E-state index in [2.05, 4.69) is 5.32 Å². The molecule has 1 unspecified atom stereocenters. The number of aliphatic hydroxyl groups excluding tert-OH is 1. The number of halogens is 4. The largest absolute Gasteiger partial charge is 0.416 e. The van der Waals surface area contributed by atoms with E-state index in [1.165, 1.54) is 23.1 Å². The number of carbonyl (C=O) groups is 2. The number of fused-ring (bicyclic) bond motifs is 1. The van der Waals surface area contributed by atoms with Crippen molar-refractivity contribution in [1.29, 1.82) is 0 Å². The van der Waals surface area contributed by atoms with Crippen molar-refractivity contribution in [3.05, 3.63) is 130 Å². The molecule has 0 bridgehead atoms. The molecular formula is C37H36F4N2O4. The van der Waals surface area contributed by atoms with E-state index < -0.39 is 53.5 Å². The van der Waals surface area contributed by atoms with E-state index in [1.807, 2.05) is 12.1 Å². The topological polar surface area (TPSA) is 89.9 Å². The van der Waals surface area contributed by atoms with Crippen LogP contribution in [0.1, 0.15) is 70.0 Å². The maximum Gasteiger partial charge on any atom is 0.416 e. The van der Waals surface area contributed by atoms with Crippen LogP contribution in [0.2, 0.25) is 0 Å². The number of hydrogen-bond donors (Lipinski definition) is 3. The molecule has 1 aliphatic rings. The first kappa shape index (κ1) is 33.8. The summed E-state index contributed by atoms with van der Waals surface area (Å²) in [7, 11) is 0. The summed E-state index contributed by atoms with van der Waals surface area (Å²) in [6.45, 7) is 4.22. The van der Waals surface area contributed by atoms with E-state index in [0.717, 1.165) is 17.7 Å². The molecule has 5 rings (SSSR count). The van der Waals surface area contributed by atoms with Gasteiger partial charge < -0.3 is 15.5 Å². The van der Waals surface area contributed by atoms with Gasteiger partial charge in [0.15, 0.2) is 0 Å². The Morgan fingerprint density at radius 1 is 0.957 bits per heavy atom. The standard InChI is InChI=1S/C37H36F4N2O4/c1-22-7-6-9-30(38)32(22)35(46)43-31-10-5-4-8-25(31)19-28(33(43)24-13-11-23(12-14-24)17-18-36(2,3)47)34(45)42-27-16-15-26(21-44)29(20-27)37(39,40)41/h4-16,20,28,33,44,47H,17-19,21H2,1-3H3,(H,42,45)/t28-,33?/m0/s1. The van der Waals surface area contributed by atoms with E-state index in [9.17, 15) is 33.0 Å².